The zero-order valence-electron chi connectivity index (χ0n) is 16.3. The number of aromatic nitrogens is 1. The summed E-state index contributed by atoms with van der Waals surface area (Å²) in [4.78, 5) is 24.7. The highest BCUT2D eigenvalue weighted by molar-refractivity contribution is 7.89. The van der Waals surface area contributed by atoms with Crippen molar-refractivity contribution in [3.8, 4) is 0 Å². The summed E-state index contributed by atoms with van der Waals surface area (Å²) in [5.74, 6) is -1.08. The lowest BCUT2D eigenvalue weighted by Crippen LogP contribution is -2.15. The maximum Gasteiger partial charge on any atom is 0.338 e. The number of hydrogen-bond acceptors (Lipinski definition) is 5. The van der Waals surface area contributed by atoms with Crippen LogP contribution in [0.5, 0.6) is 0 Å². The molecule has 0 aliphatic heterocycles. The van der Waals surface area contributed by atoms with Crippen LogP contribution in [0, 0.1) is 13.8 Å². The number of esters is 1. The van der Waals surface area contributed by atoms with Crippen LogP contribution in [0.4, 0.5) is 0 Å². The molecule has 0 unspecified atom stereocenters. The summed E-state index contributed by atoms with van der Waals surface area (Å²) in [7, 11) is -3.20. The van der Waals surface area contributed by atoms with Gasteiger partial charge in [0.2, 0.25) is 5.78 Å². The lowest BCUT2D eigenvalue weighted by atomic mass is 10.1. The molecule has 2 rings (SSSR count). The second kappa shape index (κ2) is 8.08. The molecule has 0 saturated carbocycles. The van der Waals surface area contributed by atoms with E-state index < -0.39 is 15.8 Å². The van der Waals surface area contributed by atoms with Gasteiger partial charge < -0.3 is 9.30 Å². The van der Waals surface area contributed by atoms with Crippen molar-refractivity contribution in [2.75, 3.05) is 12.9 Å². The molecule has 0 N–H and O–H groups in total. The van der Waals surface area contributed by atoms with E-state index in [4.69, 9.17) is 4.74 Å². The number of nitrogens with zero attached hydrogens (tertiary/aromatic N) is 1. The first-order valence-corrected chi connectivity index (χ1v) is 10.7. The van der Waals surface area contributed by atoms with E-state index in [1.54, 1.807) is 18.2 Å². The molecule has 1 aromatic heterocycles. The Balaban J connectivity index is 2.09. The van der Waals surface area contributed by atoms with Gasteiger partial charge in [-0.15, -0.1) is 0 Å². The third-order valence-corrected chi connectivity index (χ3v) is 5.08. The minimum atomic E-state index is -3.20. The van der Waals surface area contributed by atoms with Crippen molar-refractivity contribution >= 4 is 21.6 Å². The van der Waals surface area contributed by atoms with Crippen molar-refractivity contribution in [1.82, 2.24) is 4.57 Å². The highest BCUT2D eigenvalue weighted by atomic mass is 32.2. The van der Waals surface area contributed by atoms with Gasteiger partial charge in [0.25, 0.3) is 0 Å². The van der Waals surface area contributed by atoms with Gasteiger partial charge in [-0.05, 0) is 51.5 Å². The number of Topliss-reactive ketones (excluding diaryl/α,β-unsaturated/α-hetero) is 1. The number of benzene rings is 1. The number of ether oxygens (including phenoxy) is 1. The Morgan fingerprint density at radius 1 is 1.15 bits per heavy atom. The third kappa shape index (κ3) is 5.29. The van der Waals surface area contributed by atoms with Gasteiger partial charge in [-0.3, -0.25) is 4.79 Å². The molecular weight excluding hydrogens is 366 g/mol. The van der Waals surface area contributed by atoms with Crippen molar-refractivity contribution in [1.29, 1.82) is 0 Å². The molecule has 2 aromatic rings. The number of rotatable bonds is 7. The summed E-state index contributed by atoms with van der Waals surface area (Å²) in [6.07, 6.45) is 1.13. The van der Waals surface area contributed by atoms with Crippen molar-refractivity contribution < 1.29 is 22.7 Å². The molecule has 0 fully saturated rings. The Morgan fingerprint density at radius 2 is 1.81 bits per heavy atom. The van der Waals surface area contributed by atoms with Crippen LogP contribution in [0.15, 0.2) is 30.3 Å². The number of carbonyl (C=O) groups excluding carboxylic acids is 2. The lowest BCUT2D eigenvalue weighted by molar-refractivity contribution is 0.0474. The van der Waals surface area contributed by atoms with Gasteiger partial charge in [0.05, 0.1) is 11.3 Å². The van der Waals surface area contributed by atoms with E-state index in [0.29, 0.717) is 11.1 Å². The molecule has 0 atom stereocenters. The van der Waals surface area contributed by atoms with E-state index >= 15 is 0 Å². The van der Waals surface area contributed by atoms with Crippen molar-refractivity contribution in [2.24, 2.45) is 0 Å². The van der Waals surface area contributed by atoms with Gasteiger partial charge in [-0.1, -0.05) is 12.1 Å². The zero-order valence-corrected chi connectivity index (χ0v) is 17.1. The quantitative estimate of drug-likeness (QED) is 0.534. The highest BCUT2D eigenvalue weighted by Gasteiger charge is 2.19. The molecule has 1 heterocycles. The first-order chi connectivity index (χ1) is 12.5. The molecular formula is C20H25NO5S. The van der Waals surface area contributed by atoms with Crippen LogP contribution < -0.4 is 0 Å². The molecule has 7 heteroatoms. The van der Waals surface area contributed by atoms with Crippen molar-refractivity contribution in [2.45, 2.75) is 39.5 Å². The van der Waals surface area contributed by atoms with E-state index in [1.165, 1.54) is 12.1 Å². The SMILES string of the molecule is Cc1cc(C(=O)COC(=O)c2cccc(CS(C)(=O)=O)c2)c(C)n1C(C)C. The summed E-state index contributed by atoms with van der Waals surface area (Å²) in [6.45, 7) is 7.52. The smallest absolute Gasteiger partial charge is 0.338 e. The zero-order chi connectivity index (χ0) is 20.4. The summed E-state index contributed by atoms with van der Waals surface area (Å²) < 4.78 is 30.0. The monoisotopic (exact) mass is 391 g/mol. The number of hydrogen-bond donors (Lipinski definition) is 0. The molecule has 27 heavy (non-hydrogen) atoms. The summed E-state index contributed by atoms with van der Waals surface area (Å²) in [6, 6.07) is 8.26. The second-order valence-electron chi connectivity index (χ2n) is 7.02. The topological polar surface area (TPSA) is 82.4 Å². The minimum Gasteiger partial charge on any atom is -0.454 e. The predicted octanol–water partition coefficient (Wildman–Crippen LogP) is 3.27. The van der Waals surface area contributed by atoms with Gasteiger partial charge in [0.15, 0.2) is 16.4 Å². The Bertz CT molecular complexity index is 970. The Labute approximate surface area is 160 Å². The summed E-state index contributed by atoms with van der Waals surface area (Å²) in [5, 5.41) is 0. The molecule has 0 spiro atoms. The fourth-order valence-corrected chi connectivity index (χ4v) is 4.02. The summed E-state index contributed by atoms with van der Waals surface area (Å²) in [5.41, 5.74) is 3.08. The molecule has 0 bridgehead atoms. The normalized spacial score (nSPS) is 11.6. The molecule has 146 valence electrons. The van der Waals surface area contributed by atoms with E-state index in [9.17, 15) is 18.0 Å². The molecule has 0 radical (unpaired) electrons. The van der Waals surface area contributed by atoms with E-state index in [1.807, 2.05) is 27.7 Å². The molecule has 0 aliphatic rings. The third-order valence-electron chi connectivity index (χ3n) is 4.23. The van der Waals surface area contributed by atoms with Crippen LogP contribution in [0.25, 0.3) is 0 Å². The van der Waals surface area contributed by atoms with Crippen molar-refractivity contribution in [3.05, 3.63) is 58.4 Å². The van der Waals surface area contributed by atoms with E-state index in [-0.39, 0.29) is 29.7 Å². The average Bonchev–Trinajstić information content (AvgIpc) is 2.85. The van der Waals surface area contributed by atoms with E-state index in [2.05, 4.69) is 4.57 Å². The largest absolute Gasteiger partial charge is 0.454 e. The number of aryl methyl sites for hydroxylation is 1. The number of carbonyl (C=O) groups is 2. The average molecular weight is 391 g/mol. The Morgan fingerprint density at radius 3 is 2.37 bits per heavy atom. The first-order valence-electron chi connectivity index (χ1n) is 8.65. The molecule has 6 nitrogen and oxygen atoms in total. The van der Waals surface area contributed by atoms with E-state index in [0.717, 1.165) is 17.6 Å². The Kier molecular flexibility index (Phi) is 6.26. The molecule has 0 amide bonds. The lowest BCUT2D eigenvalue weighted by Gasteiger charge is -2.13. The molecule has 0 aliphatic carbocycles. The van der Waals surface area contributed by atoms with Crippen molar-refractivity contribution in [3.63, 3.8) is 0 Å². The van der Waals surface area contributed by atoms with Crippen LogP contribution in [0.2, 0.25) is 0 Å². The minimum absolute atomic E-state index is 0.158. The van der Waals surface area contributed by atoms with Gasteiger partial charge in [-0.25, -0.2) is 13.2 Å². The Hall–Kier alpha value is -2.41. The molecule has 1 aromatic carbocycles. The maximum absolute atomic E-state index is 12.5. The van der Waals surface area contributed by atoms with Gasteiger partial charge in [0.1, 0.15) is 0 Å². The molecule has 0 saturated heterocycles. The van der Waals surface area contributed by atoms with Crippen LogP contribution in [0.3, 0.4) is 0 Å². The van der Waals surface area contributed by atoms with Gasteiger partial charge in [0, 0.05) is 29.2 Å². The standard InChI is InChI=1S/C20H25NO5S/c1-13(2)21-14(3)9-18(15(21)4)19(22)11-26-20(23)17-8-6-7-16(10-17)12-27(5,24)25/h6-10,13H,11-12H2,1-5H3. The number of ketones is 1. The van der Waals surface area contributed by atoms with Crippen LogP contribution in [-0.2, 0) is 20.3 Å². The fraction of sp³-hybridized carbons (Fsp3) is 0.400. The predicted molar refractivity (Wildman–Crippen MR) is 104 cm³/mol. The first kappa shape index (κ1) is 20.9. The maximum atomic E-state index is 12.5. The number of sulfone groups is 1. The van der Waals surface area contributed by atoms with Crippen LogP contribution >= 0.6 is 0 Å². The fourth-order valence-electron chi connectivity index (χ4n) is 3.24. The van der Waals surface area contributed by atoms with Gasteiger partial charge >= 0.3 is 5.97 Å². The van der Waals surface area contributed by atoms with Gasteiger partial charge in [-0.2, -0.15) is 0 Å². The van der Waals surface area contributed by atoms with Crippen LogP contribution in [0.1, 0.15) is 57.6 Å². The highest BCUT2D eigenvalue weighted by Crippen LogP contribution is 2.20. The van der Waals surface area contributed by atoms with Crippen LogP contribution in [-0.4, -0.2) is 37.6 Å². The summed E-state index contributed by atoms with van der Waals surface area (Å²) >= 11 is 0. The second-order valence-corrected chi connectivity index (χ2v) is 9.16.